The minimum absolute atomic E-state index is 0.209. The van der Waals surface area contributed by atoms with Crippen molar-refractivity contribution >= 4 is 17.6 Å². The number of carbonyl (C=O) groups excluding carboxylic acids is 2. The number of esters is 2. The van der Waals surface area contributed by atoms with Gasteiger partial charge in [0.2, 0.25) is 0 Å². The number of carbonyl (C=O) groups is 2. The van der Waals surface area contributed by atoms with Gasteiger partial charge in [-0.2, -0.15) is 0 Å². The predicted molar refractivity (Wildman–Crippen MR) is 130 cm³/mol. The number of rotatable bonds is 4. The van der Waals surface area contributed by atoms with E-state index in [0.717, 1.165) is 61.3 Å². The Bertz CT molecular complexity index is 1210. The topological polar surface area (TPSA) is 79.3 Å². The number of ether oxygens (including phenoxy) is 2. The number of hydrogen-bond acceptors (Lipinski definition) is 7. The molecule has 1 atom stereocenters. The molecule has 4 aliphatic rings. The largest absolute Gasteiger partial charge is 0.457 e. The van der Waals surface area contributed by atoms with Gasteiger partial charge in [-0.25, -0.2) is 9.59 Å². The van der Waals surface area contributed by atoms with Gasteiger partial charge in [0.15, 0.2) is 0 Å². The number of anilines is 1. The van der Waals surface area contributed by atoms with Gasteiger partial charge < -0.3 is 24.4 Å². The number of benzene rings is 2. The van der Waals surface area contributed by atoms with Crippen LogP contribution in [0.3, 0.4) is 0 Å². The van der Waals surface area contributed by atoms with E-state index in [1.165, 1.54) is 17.7 Å². The number of aliphatic hydroxyl groups excluding tert-OH is 1. The van der Waals surface area contributed by atoms with E-state index in [0.29, 0.717) is 36.3 Å². The van der Waals surface area contributed by atoms with Gasteiger partial charge in [-0.3, -0.25) is 0 Å². The van der Waals surface area contributed by atoms with Gasteiger partial charge in [0, 0.05) is 36.4 Å². The Hall–Kier alpha value is -2.90. The summed E-state index contributed by atoms with van der Waals surface area (Å²) in [6, 6.07) is 7.68. The average Bonchev–Trinajstić information content (AvgIpc) is 3.55. The normalized spacial score (nSPS) is 21.7. The Morgan fingerprint density at radius 2 is 1.49 bits per heavy atom. The average molecular weight is 477 g/mol. The summed E-state index contributed by atoms with van der Waals surface area (Å²) in [5.41, 5.74) is 7.85. The van der Waals surface area contributed by atoms with Crippen LogP contribution in [0.25, 0.3) is 0 Å². The van der Waals surface area contributed by atoms with Gasteiger partial charge in [0.1, 0.15) is 13.2 Å². The first-order chi connectivity index (χ1) is 16.8. The second-order valence-corrected chi connectivity index (χ2v) is 10.7. The number of likely N-dealkylation sites (tertiary alicyclic amines) is 1. The molecule has 1 N–H and O–H groups in total. The van der Waals surface area contributed by atoms with E-state index in [2.05, 4.69) is 22.8 Å². The molecule has 2 aromatic carbocycles. The van der Waals surface area contributed by atoms with Crippen molar-refractivity contribution in [2.24, 2.45) is 5.41 Å². The van der Waals surface area contributed by atoms with Crippen LogP contribution < -0.4 is 4.90 Å². The first kappa shape index (κ1) is 22.6. The summed E-state index contributed by atoms with van der Waals surface area (Å²) in [7, 11) is 0. The zero-order valence-corrected chi connectivity index (χ0v) is 20.4. The molecule has 6 rings (SSSR count). The van der Waals surface area contributed by atoms with Gasteiger partial charge in [0.25, 0.3) is 0 Å². The second kappa shape index (κ2) is 8.35. The molecular formula is C28H32N2O5. The standard InChI is InChI=1S/C28H32N2O5/c1-17-19(3-4-20-22(17)14-34-26(20)32)25(31)13-29-10-7-28(8-11-29)9-12-30(16-28)24-6-5-21-23(18(24)2)15-35-27(21)33/h3-6,25,31H,7-16H2,1-2H3. The van der Waals surface area contributed by atoms with Gasteiger partial charge in [-0.05, 0) is 86.5 Å². The highest BCUT2D eigenvalue weighted by Crippen LogP contribution is 2.44. The maximum absolute atomic E-state index is 11.9. The Balaban J connectivity index is 1.09. The third-order valence-corrected chi connectivity index (χ3v) is 8.83. The molecule has 0 aromatic heterocycles. The van der Waals surface area contributed by atoms with Crippen LogP contribution in [0.5, 0.6) is 0 Å². The van der Waals surface area contributed by atoms with Crippen molar-refractivity contribution in [3.05, 3.63) is 63.2 Å². The molecule has 0 radical (unpaired) electrons. The SMILES string of the molecule is Cc1c(C(O)CN2CCC3(CC2)CCN(c2ccc4c(c2C)COC4=O)C3)ccc2c1COC2=O. The number of nitrogens with zero attached hydrogens (tertiary/aromatic N) is 2. The third-order valence-electron chi connectivity index (χ3n) is 8.83. The van der Waals surface area contributed by atoms with E-state index in [1.807, 2.05) is 19.1 Å². The molecule has 2 aromatic rings. The van der Waals surface area contributed by atoms with Crippen LogP contribution in [0.1, 0.15) is 73.9 Å². The van der Waals surface area contributed by atoms with E-state index < -0.39 is 6.10 Å². The lowest BCUT2D eigenvalue weighted by Crippen LogP contribution is -2.43. The fourth-order valence-corrected chi connectivity index (χ4v) is 6.51. The van der Waals surface area contributed by atoms with Crippen LogP contribution >= 0.6 is 0 Å². The van der Waals surface area contributed by atoms with Crippen molar-refractivity contribution in [2.45, 2.75) is 52.4 Å². The molecule has 7 heteroatoms. The molecule has 35 heavy (non-hydrogen) atoms. The number of hydrogen-bond donors (Lipinski definition) is 1. The van der Waals surface area contributed by atoms with Crippen molar-refractivity contribution < 1.29 is 24.2 Å². The summed E-state index contributed by atoms with van der Waals surface area (Å²) in [6.45, 7) is 9.39. The van der Waals surface area contributed by atoms with E-state index in [1.54, 1.807) is 6.07 Å². The minimum Gasteiger partial charge on any atom is -0.457 e. The first-order valence-electron chi connectivity index (χ1n) is 12.6. The molecule has 0 amide bonds. The number of fused-ring (bicyclic) bond motifs is 2. The van der Waals surface area contributed by atoms with E-state index in [4.69, 9.17) is 9.47 Å². The van der Waals surface area contributed by atoms with E-state index >= 15 is 0 Å². The summed E-state index contributed by atoms with van der Waals surface area (Å²) in [5.74, 6) is -0.480. The van der Waals surface area contributed by atoms with Gasteiger partial charge in [0.05, 0.1) is 17.2 Å². The Kier molecular flexibility index (Phi) is 5.38. The van der Waals surface area contributed by atoms with Crippen LogP contribution in [0, 0.1) is 19.3 Å². The van der Waals surface area contributed by atoms with E-state index in [9.17, 15) is 14.7 Å². The molecule has 184 valence electrons. The molecule has 2 saturated heterocycles. The zero-order chi connectivity index (χ0) is 24.3. The van der Waals surface area contributed by atoms with Gasteiger partial charge in [-0.15, -0.1) is 0 Å². The van der Waals surface area contributed by atoms with Gasteiger partial charge in [-0.1, -0.05) is 6.07 Å². The highest BCUT2D eigenvalue weighted by Gasteiger charge is 2.41. The maximum atomic E-state index is 11.9. The number of aliphatic hydroxyl groups is 1. The molecule has 2 fully saturated rings. The van der Waals surface area contributed by atoms with Crippen LogP contribution in [-0.2, 0) is 22.7 Å². The van der Waals surface area contributed by atoms with Crippen molar-refractivity contribution in [2.75, 3.05) is 37.6 Å². The molecule has 0 bridgehead atoms. The first-order valence-corrected chi connectivity index (χ1v) is 12.6. The monoisotopic (exact) mass is 476 g/mol. The molecule has 4 heterocycles. The van der Waals surface area contributed by atoms with E-state index in [-0.39, 0.29) is 11.9 Å². The minimum atomic E-state index is -0.580. The fraction of sp³-hybridized carbons (Fsp3) is 0.500. The number of cyclic esters (lactones) is 2. The summed E-state index contributed by atoms with van der Waals surface area (Å²) in [4.78, 5) is 28.6. The van der Waals surface area contributed by atoms with Crippen molar-refractivity contribution in [1.82, 2.24) is 4.90 Å². The van der Waals surface area contributed by atoms with Crippen molar-refractivity contribution in [1.29, 1.82) is 0 Å². The van der Waals surface area contributed by atoms with Crippen LogP contribution in [0.15, 0.2) is 24.3 Å². The summed E-state index contributed by atoms with van der Waals surface area (Å²) in [6.07, 6.45) is 2.83. The lowest BCUT2D eigenvalue weighted by atomic mass is 9.77. The van der Waals surface area contributed by atoms with Crippen molar-refractivity contribution in [3.63, 3.8) is 0 Å². The van der Waals surface area contributed by atoms with Gasteiger partial charge >= 0.3 is 11.9 Å². The fourth-order valence-electron chi connectivity index (χ4n) is 6.51. The molecule has 0 aliphatic carbocycles. The predicted octanol–water partition coefficient (Wildman–Crippen LogP) is 3.67. The summed E-state index contributed by atoms with van der Waals surface area (Å²) < 4.78 is 10.4. The highest BCUT2D eigenvalue weighted by atomic mass is 16.5. The summed E-state index contributed by atoms with van der Waals surface area (Å²) >= 11 is 0. The molecule has 1 spiro atoms. The van der Waals surface area contributed by atoms with Crippen LogP contribution in [-0.4, -0.2) is 54.7 Å². The van der Waals surface area contributed by atoms with Crippen LogP contribution in [0.2, 0.25) is 0 Å². The third kappa shape index (κ3) is 3.72. The lowest BCUT2D eigenvalue weighted by Gasteiger charge is -2.40. The molecule has 4 aliphatic heterocycles. The number of β-amino-alcohol motifs (C(OH)–C–C–N with tert-alkyl or cyclic N) is 1. The summed E-state index contributed by atoms with van der Waals surface area (Å²) in [5, 5.41) is 11.0. The molecule has 1 unspecified atom stereocenters. The van der Waals surface area contributed by atoms with Crippen molar-refractivity contribution in [3.8, 4) is 0 Å². The Labute approximate surface area is 205 Å². The molecular weight excluding hydrogens is 444 g/mol. The molecule has 0 saturated carbocycles. The Morgan fingerprint density at radius 3 is 2.17 bits per heavy atom. The quantitative estimate of drug-likeness (QED) is 0.675. The maximum Gasteiger partial charge on any atom is 0.338 e. The lowest BCUT2D eigenvalue weighted by molar-refractivity contribution is 0.0525. The zero-order valence-electron chi connectivity index (χ0n) is 20.4. The second-order valence-electron chi connectivity index (χ2n) is 10.7. The molecule has 7 nitrogen and oxygen atoms in total. The Morgan fingerprint density at radius 1 is 0.886 bits per heavy atom. The number of piperidine rings is 1. The van der Waals surface area contributed by atoms with Crippen LogP contribution in [0.4, 0.5) is 5.69 Å². The highest BCUT2D eigenvalue weighted by molar-refractivity contribution is 5.95. The smallest absolute Gasteiger partial charge is 0.338 e.